The van der Waals surface area contributed by atoms with Gasteiger partial charge >= 0.3 is 0 Å². The molecule has 0 bridgehead atoms. The minimum absolute atomic E-state index is 0.161. The molecule has 22 heavy (non-hydrogen) atoms. The van der Waals surface area contributed by atoms with E-state index in [4.69, 9.17) is 23.2 Å². The van der Waals surface area contributed by atoms with Gasteiger partial charge in [-0.3, -0.25) is 0 Å². The van der Waals surface area contributed by atoms with E-state index in [0.717, 1.165) is 17.1 Å². The molecule has 8 heteroatoms. The number of benzene rings is 1. The molecule has 1 aromatic carbocycles. The second-order valence-electron chi connectivity index (χ2n) is 4.94. The fourth-order valence-electron chi connectivity index (χ4n) is 2.26. The summed E-state index contributed by atoms with van der Waals surface area (Å²) in [5.41, 5.74) is 0.341. The van der Waals surface area contributed by atoms with Crippen LogP contribution in [0.4, 0.5) is 0 Å². The van der Waals surface area contributed by atoms with E-state index in [1.165, 1.54) is 12.7 Å². The van der Waals surface area contributed by atoms with Crippen molar-refractivity contribution in [3.63, 3.8) is 0 Å². The number of halogens is 2. The first-order valence-electron chi connectivity index (χ1n) is 6.44. The van der Waals surface area contributed by atoms with Crippen LogP contribution in [0.15, 0.2) is 36.9 Å². The first-order chi connectivity index (χ1) is 10.5. The zero-order valence-electron chi connectivity index (χ0n) is 11.6. The van der Waals surface area contributed by atoms with Gasteiger partial charge in [0.25, 0.3) is 0 Å². The lowest BCUT2D eigenvalue weighted by atomic mass is 9.91. The molecule has 1 atom stereocenters. The van der Waals surface area contributed by atoms with Gasteiger partial charge in [0, 0.05) is 0 Å². The van der Waals surface area contributed by atoms with Crippen molar-refractivity contribution in [3.8, 4) is 0 Å². The van der Waals surface area contributed by atoms with Crippen LogP contribution in [-0.4, -0.2) is 24.2 Å². The molecule has 2 aromatic heterocycles. The highest BCUT2D eigenvalue weighted by Gasteiger charge is 2.37. The van der Waals surface area contributed by atoms with E-state index < -0.39 is 5.60 Å². The lowest BCUT2D eigenvalue weighted by Crippen LogP contribution is -2.32. The maximum absolute atomic E-state index is 11.4. The fraction of sp³-hybridized carbons (Fsp3) is 0.214. The maximum Gasteiger partial charge on any atom is 0.161 e. The molecule has 0 aliphatic rings. The summed E-state index contributed by atoms with van der Waals surface area (Å²) in [6.45, 7) is 2.12. The quantitative estimate of drug-likeness (QED) is 0.780. The van der Waals surface area contributed by atoms with Crippen molar-refractivity contribution >= 4 is 34.7 Å². The van der Waals surface area contributed by atoms with E-state index in [2.05, 4.69) is 14.5 Å². The Morgan fingerprint density at radius 3 is 2.77 bits per heavy atom. The second kappa shape index (κ2) is 5.96. The Morgan fingerprint density at radius 2 is 2.18 bits per heavy atom. The summed E-state index contributed by atoms with van der Waals surface area (Å²) in [4.78, 5) is 4.39. The fourth-order valence-corrected chi connectivity index (χ4v) is 3.64. The molecule has 0 saturated carbocycles. The summed E-state index contributed by atoms with van der Waals surface area (Å²) in [6, 6.07) is 7.59. The lowest BCUT2D eigenvalue weighted by molar-refractivity contribution is 0.0609. The van der Waals surface area contributed by atoms with Crippen molar-refractivity contribution in [2.24, 2.45) is 0 Å². The van der Waals surface area contributed by atoms with E-state index in [1.807, 2.05) is 31.2 Å². The van der Waals surface area contributed by atoms with Crippen molar-refractivity contribution in [3.05, 3.63) is 63.1 Å². The summed E-state index contributed by atoms with van der Waals surface area (Å²) in [7, 11) is 0. The Hall–Kier alpha value is -1.47. The summed E-state index contributed by atoms with van der Waals surface area (Å²) >= 11 is 13.3. The molecule has 0 amide bonds. The van der Waals surface area contributed by atoms with Crippen LogP contribution in [0.2, 0.25) is 10.2 Å². The van der Waals surface area contributed by atoms with Gasteiger partial charge in [-0.1, -0.05) is 53.0 Å². The van der Waals surface area contributed by atoms with Crippen LogP contribution in [-0.2, 0) is 12.1 Å². The molecule has 1 N–H and O–H groups in total. The van der Waals surface area contributed by atoms with Crippen LogP contribution in [0.1, 0.15) is 16.0 Å². The molecule has 2 heterocycles. The van der Waals surface area contributed by atoms with Gasteiger partial charge in [0.1, 0.15) is 18.3 Å². The molecular weight excluding hydrogens is 343 g/mol. The highest BCUT2D eigenvalue weighted by Crippen LogP contribution is 2.41. The summed E-state index contributed by atoms with van der Waals surface area (Å²) < 4.78 is 5.58. The Balaban J connectivity index is 2.15. The van der Waals surface area contributed by atoms with Crippen LogP contribution in [0.3, 0.4) is 0 Å². The van der Waals surface area contributed by atoms with Crippen LogP contribution >= 0.6 is 34.7 Å². The van der Waals surface area contributed by atoms with Crippen LogP contribution in [0.5, 0.6) is 0 Å². The van der Waals surface area contributed by atoms with Crippen molar-refractivity contribution in [2.45, 2.75) is 19.1 Å². The molecule has 0 radical (unpaired) electrons. The van der Waals surface area contributed by atoms with Crippen LogP contribution in [0.25, 0.3) is 0 Å². The van der Waals surface area contributed by atoms with E-state index in [9.17, 15) is 5.11 Å². The van der Waals surface area contributed by atoms with Crippen LogP contribution < -0.4 is 0 Å². The molecular formula is C14H12Cl2N4OS. The Labute approximate surface area is 141 Å². The Bertz CT molecular complexity index is 790. The number of hydrogen-bond donors (Lipinski definition) is 1. The predicted molar refractivity (Wildman–Crippen MR) is 86.3 cm³/mol. The number of hydrogen-bond acceptors (Lipinski definition) is 5. The third kappa shape index (κ3) is 2.75. The van der Waals surface area contributed by atoms with Gasteiger partial charge in [0.15, 0.2) is 5.15 Å². The number of aliphatic hydroxyl groups is 1. The van der Waals surface area contributed by atoms with Crippen molar-refractivity contribution < 1.29 is 5.11 Å². The van der Waals surface area contributed by atoms with Crippen molar-refractivity contribution in [1.82, 2.24) is 19.1 Å². The average Bonchev–Trinajstić information content (AvgIpc) is 3.10. The number of aryl methyl sites for hydroxylation is 1. The molecule has 3 aromatic rings. The predicted octanol–water partition coefficient (Wildman–Crippen LogP) is 3.29. The van der Waals surface area contributed by atoms with E-state index in [-0.39, 0.29) is 16.7 Å². The van der Waals surface area contributed by atoms with Gasteiger partial charge in [-0.15, -0.1) is 0 Å². The highest BCUT2D eigenvalue weighted by atomic mass is 35.5. The average molecular weight is 355 g/mol. The van der Waals surface area contributed by atoms with Gasteiger partial charge in [0.2, 0.25) is 0 Å². The first kappa shape index (κ1) is 15.4. The molecule has 0 aliphatic carbocycles. The highest BCUT2D eigenvalue weighted by molar-refractivity contribution is 7.07. The zero-order valence-corrected chi connectivity index (χ0v) is 13.9. The molecule has 0 aliphatic heterocycles. The van der Waals surface area contributed by atoms with E-state index in [0.29, 0.717) is 10.4 Å². The molecule has 5 nitrogen and oxygen atoms in total. The molecule has 1 unspecified atom stereocenters. The summed E-state index contributed by atoms with van der Waals surface area (Å²) in [5, 5.41) is 15.9. The second-order valence-corrected chi connectivity index (χ2v) is 6.45. The SMILES string of the molecule is Cc1cccc(C(O)(Cn2cncn2)c2snc(Cl)c2Cl)c1. The first-order valence-corrected chi connectivity index (χ1v) is 7.97. The lowest BCUT2D eigenvalue weighted by Gasteiger charge is -2.27. The molecule has 0 fully saturated rings. The van der Waals surface area contributed by atoms with Gasteiger partial charge in [-0.2, -0.15) is 9.47 Å². The Kier molecular flexibility index (Phi) is 4.18. The Morgan fingerprint density at radius 1 is 1.36 bits per heavy atom. The monoisotopic (exact) mass is 354 g/mol. The van der Waals surface area contributed by atoms with Crippen molar-refractivity contribution in [1.29, 1.82) is 0 Å². The standard InChI is InChI=1S/C14H12Cl2N4OS/c1-9-3-2-4-10(5-9)14(21,6-20-8-17-7-18-20)12-11(15)13(16)19-22-12/h2-5,7-8,21H,6H2,1H3. The maximum atomic E-state index is 11.4. The van der Waals surface area contributed by atoms with Crippen molar-refractivity contribution in [2.75, 3.05) is 0 Å². The molecule has 114 valence electrons. The van der Waals surface area contributed by atoms with Gasteiger partial charge < -0.3 is 5.11 Å². The zero-order chi connectivity index (χ0) is 15.7. The minimum atomic E-state index is -1.39. The van der Waals surface area contributed by atoms with Gasteiger partial charge in [0.05, 0.1) is 16.4 Å². The topological polar surface area (TPSA) is 63.8 Å². The normalized spacial score (nSPS) is 14.0. The summed E-state index contributed by atoms with van der Waals surface area (Å²) in [5.74, 6) is 0. The third-order valence-corrected chi connectivity index (χ3v) is 5.27. The van der Waals surface area contributed by atoms with Crippen LogP contribution in [0, 0.1) is 6.92 Å². The third-order valence-electron chi connectivity index (χ3n) is 3.33. The molecule has 0 spiro atoms. The molecule has 0 saturated heterocycles. The number of rotatable bonds is 4. The van der Waals surface area contributed by atoms with E-state index >= 15 is 0 Å². The summed E-state index contributed by atoms with van der Waals surface area (Å²) in [6.07, 6.45) is 2.95. The minimum Gasteiger partial charge on any atom is -0.377 e. The van der Waals surface area contributed by atoms with Gasteiger partial charge in [-0.05, 0) is 24.0 Å². The van der Waals surface area contributed by atoms with E-state index in [1.54, 1.807) is 4.68 Å². The largest absolute Gasteiger partial charge is 0.377 e. The smallest absolute Gasteiger partial charge is 0.161 e. The van der Waals surface area contributed by atoms with Gasteiger partial charge in [-0.25, -0.2) is 9.67 Å². The number of nitrogens with zero attached hydrogens (tertiary/aromatic N) is 4. The molecule has 3 rings (SSSR count). The number of aromatic nitrogens is 4.